The fourth-order valence-corrected chi connectivity index (χ4v) is 3.91. The van der Waals surface area contributed by atoms with Crippen LogP contribution in [0.4, 0.5) is 9.18 Å². The number of benzene rings is 2. The summed E-state index contributed by atoms with van der Waals surface area (Å²) in [6, 6.07) is 20.5. The third kappa shape index (κ3) is 5.32. The molecule has 1 amide bonds. The van der Waals surface area contributed by atoms with E-state index >= 15 is 0 Å². The second-order valence-corrected chi connectivity index (χ2v) is 7.62. The van der Waals surface area contributed by atoms with Gasteiger partial charge in [0.15, 0.2) is 0 Å². The van der Waals surface area contributed by atoms with Crippen LogP contribution < -0.4 is 0 Å². The summed E-state index contributed by atoms with van der Waals surface area (Å²) in [7, 11) is 0. The number of nitrogens with zero attached hydrogens (tertiary/aromatic N) is 2. The molecule has 0 aromatic heterocycles. The molecule has 0 radical (unpaired) electrons. The minimum atomic E-state index is -0.545. The Bertz CT molecular complexity index is 699. The number of rotatable bonds is 8. The number of carbonyl (C=O) groups is 1. The maximum atomic E-state index is 14.2. The highest BCUT2D eigenvalue weighted by Gasteiger charge is 2.42. The maximum absolute atomic E-state index is 14.2. The number of likely N-dealkylation sites (tertiary alicyclic amines) is 1. The van der Waals surface area contributed by atoms with Crippen LogP contribution in [0.15, 0.2) is 60.7 Å². The van der Waals surface area contributed by atoms with Gasteiger partial charge in [-0.25, -0.2) is 4.79 Å². The van der Waals surface area contributed by atoms with Crippen molar-refractivity contribution in [2.45, 2.75) is 26.4 Å². The van der Waals surface area contributed by atoms with Crippen molar-refractivity contribution in [1.29, 1.82) is 0 Å². The molecule has 2 aromatic carbocycles. The van der Waals surface area contributed by atoms with Crippen molar-refractivity contribution in [3.8, 4) is 0 Å². The highest BCUT2D eigenvalue weighted by atomic mass is 19.1. The van der Waals surface area contributed by atoms with Crippen molar-refractivity contribution in [2.24, 2.45) is 5.41 Å². The molecular weight excluding hydrogens is 355 g/mol. The second kappa shape index (κ2) is 9.69. The Labute approximate surface area is 166 Å². The first-order valence-electron chi connectivity index (χ1n) is 9.92. The Morgan fingerprint density at radius 1 is 1.07 bits per heavy atom. The van der Waals surface area contributed by atoms with E-state index in [1.807, 2.05) is 36.4 Å². The zero-order chi connectivity index (χ0) is 19.8. The minimum absolute atomic E-state index is 0.338. The van der Waals surface area contributed by atoms with E-state index in [1.165, 1.54) is 11.1 Å². The summed E-state index contributed by atoms with van der Waals surface area (Å²) in [5.74, 6) is 0. The van der Waals surface area contributed by atoms with E-state index in [-0.39, 0.29) is 6.09 Å². The SMILES string of the molecule is CCOC(=O)N1CC[C@](CF)(CN(Cc2ccccc2)Cc2ccccc2)C1. The molecule has 4 nitrogen and oxygen atoms in total. The molecule has 1 saturated heterocycles. The van der Waals surface area contributed by atoms with Gasteiger partial charge in [0.1, 0.15) is 0 Å². The molecule has 1 atom stereocenters. The number of alkyl halides is 1. The van der Waals surface area contributed by atoms with Crippen LogP contribution in [-0.2, 0) is 17.8 Å². The Hall–Kier alpha value is -2.40. The molecule has 0 unspecified atom stereocenters. The molecule has 1 fully saturated rings. The minimum Gasteiger partial charge on any atom is -0.450 e. The standard InChI is InChI=1S/C23H29FN2O2/c1-2-28-22(27)26-14-13-23(17-24,19-26)18-25(15-20-9-5-3-6-10-20)16-21-11-7-4-8-12-21/h3-12H,2,13-19H2,1H3/t23-/m0/s1. The molecule has 3 rings (SSSR count). The monoisotopic (exact) mass is 384 g/mol. The van der Waals surface area contributed by atoms with Crippen molar-refractivity contribution in [1.82, 2.24) is 9.80 Å². The first-order chi connectivity index (χ1) is 13.6. The van der Waals surface area contributed by atoms with Gasteiger partial charge in [-0.2, -0.15) is 0 Å². The Morgan fingerprint density at radius 3 is 2.14 bits per heavy atom. The lowest BCUT2D eigenvalue weighted by Crippen LogP contribution is -2.42. The van der Waals surface area contributed by atoms with Gasteiger partial charge < -0.3 is 9.64 Å². The van der Waals surface area contributed by atoms with Crippen LogP contribution in [0.25, 0.3) is 0 Å². The Kier molecular flexibility index (Phi) is 7.04. The van der Waals surface area contributed by atoms with E-state index in [1.54, 1.807) is 11.8 Å². The molecule has 0 bridgehead atoms. The van der Waals surface area contributed by atoms with Crippen LogP contribution >= 0.6 is 0 Å². The first-order valence-corrected chi connectivity index (χ1v) is 9.92. The second-order valence-electron chi connectivity index (χ2n) is 7.62. The molecule has 1 aliphatic rings. The number of hydrogen-bond acceptors (Lipinski definition) is 3. The number of carbonyl (C=O) groups excluding carboxylic acids is 1. The van der Waals surface area contributed by atoms with Crippen LogP contribution in [0.3, 0.4) is 0 Å². The van der Waals surface area contributed by atoms with Gasteiger partial charge >= 0.3 is 6.09 Å². The molecule has 150 valence electrons. The number of halogens is 1. The van der Waals surface area contributed by atoms with Crippen molar-refractivity contribution >= 4 is 6.09 Å². The first kappa shape index (κ1) is 20.3. The van der Waals surface area contributed by atoms with Crippen LogP contribution in [0.5, 0.6) is 0 Å². The lowest BCUT2D eigenvalue weighted by molar-refractivity contribution is 0.0907. The largest absolute Gasteiger partial charge is 0.450 e. The molecule has 0 aliphatic carbocycles. The predicted octanol–water partition coefficient (Wildman–Crippen LogP) is 4.51. The molecular formula is C23H29FN2O2. The Morgan fingerprint density at radius 2 is 1.64 bits per heavy atom. The molecule has 0 spiro atoms. The fourth-order valence-electron chi connectivity index (χ4n) is 3.91. The normalized spacial score (nSPS) is 19.2. The lowest BCUT2D eigenvalue weighted by atomic mass is 9.87. The summed E-state index contributed by atoms with van der Waals surface area (Å²) in [5, 5.41) is 0. The summed E-state index contributed by atoms with van der Waals surface area (Å²) in [4.78, 5) is 16.0. The van der Waals surface area contributed by atoms with E-state index in [2.05, 4.69) is 29.2 Å². The third-order valence-corrected chi connectivity index (χ3v) is 5.30. The van der Waals surface area contributed by atoms with Crippen molar-refractivity contribution in [3.63, 3.8) is 0 Å². The molecule has 5 heteroatoms. The van der Waals surface area contributed by atoms with E-state index < -0.39 is 12.1 Å². The predicted molar refractivity (Wildman–Crippen MR) is 109 cm³/mol. The molecule has 2 aromatic rings. The van der Waals surface area contributed by atoms with Gasteiger partial charge in [0.05, 0.1) is 13.3 Å². The molecule has 1 heterocycles. The fraction of sp³-hybridized carbons (Fsp3) is 0.435. The van der Waals surface area contributed by atoms with Gasteiger partial charge in [0.2, 0.25) is 0 Å². The van der Waals surface area contributed by atoms with E-state index in [0.717, 1.165) is 13.1 Å². The van der Waals surface area contributed by atoms with Gasteiger partial charge in [-0.3, -0.25) is 9.29 Å². The van der Waals surface area contributed by atoms with Crippen molar-refractivity contribution in [2.75, 3.05) is 32.9 Å². The van der Waals surface area contributed by atoms with Crippen molar-refractivity contribution in [3.05, 3.63) is 71.8 Å². The molecule has 1 aliphatic heterocycles. The average molecular weight is 384 g/mol. The average Bonchev–Trinajstić information content (AvgIpc) is 3.14. The molecule has 0 saturated carbocycles. The van der Waals surface area contributed by atoms with E-state index in [4.69, 9.17) is 4.74 Å². The summed E-state index contributed by atoms with van der Waals surface area (Å²) < 4.78 is 19.3. The zero-order valence-corrected chi connectivity index (χ0v) is 16.5. The van der Waals surface area contributed by atoms with Gasteiger partial charge in [-0.05, 0) is 24.5 Å². The van der Waals surface area contributed by atoms with E-state index in [9.17, 15) is 9.18 Å². The summed E-state index contributed by atoms with van der Waals surface area (Å²) in [5.41, 5.74) is 1.86. The Balaban J connectivity index is 1.74. The quantitative estimate of drug-likeness (QED) is 0.671. The molecule has 0 N–H and O–H groups in total. The number of ether oxygens (including phenoxy) is 1. The van der Waals surface area contributed by atoms with Crippen LogP contribution in [-0.4, -0.2) is 48.8 Å². The lowest BCUT2D eigenvalue weighted by Gasteiger charge is -2.33. The van der Waals surface area contributed by atoms with Gasteiger partial charge in [0.25, 0.3) is 0 Å². The van der Waals surface area contributed by atoms with Crippen LogP contribution in [0.1, 0.15) is 24.5 Å². The highest BCUT2D eigenvalue weighted by Crippen LogP contribution is 2.33. The number of hydrogen-bond donors (Lipinski definition) is 0. The topological polar surface area (TPSA) is 32.8 Å². The summed E-state index contributed by atoms with van der Waals surface area (Å²) >= 11 is 0. The third-order valence-electron chi connectivity index (χ3n) is 5.30. The van der Waals surface area contributed by atoms with E-state index in [0.29, 0.717) is 32.7 Å². The van der Waals surface area contributed by atoms with Crippen LogP contribution in [0, 0.1) is 5.41 Å². The zero-order valence-electron chi connectivity index (χ0n) is 16.5. The van der Waals surface area contributed by atoms with Crippen LogP contribution in [0.2, 0.25) is 0 Å². The highest BCUT2D eigenvalue weighted by molar-refractivity contribution is 5.68. The smallest absolute Gasteiger partial charge is 0.409 e. The van der Waals surface area contributed by atoms with Gasteiger partial charge in [-0.1, -0.05) is 60.7 Å². The van der Waals surface area contributed by atoms with Gasteiger partial charge in [0, 0.05) is 38.1 Å². The molecule has 28 heavy (non-hydrogen) atoms. The summed E-state index contributed by atoms with van der Waals surface area (Å²) in [6.45, 7) is 4.74. The van der Waals surface area contributed by atoms with Gasteiger partial charge in [-0.15, -0.1) is 0 Å². The van der Waals surface area contributed by atoms with Crippen molar-refractivity contribution < 1.29 is 13.9 Å². The number of amides is 1. The maximum Gasteiger partial charge on any atom is 0.409 e. The summed E-state index contributed by atoms with van der Waals surface area (Å²) in [6.07, 6.45) is 0.318.